The van der Waals surface area contributed by atoms with E-state index in [9.17, 15) is 14.7 Å². The third-order valence-electron chi connectivity index (χ3n) is 8.47. The van der Waals surface area contributed by atoms with Crippen LogP contribution in [-0.4, -0.2) is 60.8 Å². The maximum absolute atomic E-state index is 13.1. The standard InChI is InChI=1S/C24H42N2O4/c1-16(23(29)26-13-6-5-7-14-26)18-8-11-24(3)12-9-19(17(2)21(24)22(18)28)25-20(27)10-15-30-4/h16-19,21-22,28H,5-15H2,1-4H3,(H,25,27)/t16-,17+,18+,19-,21+,22-,24-/m0/s1. The highest BCUT2D eigenvalue weighted by atomic mass is 16.5. The molecule has 0 aromatic heterocycles. The second-order valence-corrected chi connectivity index (χ2v) is 10.4. The molecule has 3 rings (SSSR count). The fourth-order valence-electron chi connectivity index (χ4n) is 6.56. The van der Waals surface area contributed by atoms with Gasteiger partial charge in [-0.25, -0.2) is 0 Å². The van der Waals surface area contributed by atoms with E-state index < -0.39 is 6.10 Å². The van der Waals surface area contributed by atoms with Crippen molar-refractivity contribution in [3.05, 3.63) is 0 Å². The molecule has 3 fully saturated rings. The quantitative estimate of drug-likeness (QED) is 0.690. The molecule has 172 valence electrons. The van der Waals surface area contributed by atoms with Gasteiger partial charge in [-0.1, -0.05) is 20.8 Å². The molecule has 2 aliphatic carbocycles. The summed E-state index contributed by atoms with van der Waals surface area (Å²) < 4.78 is 5.02. The van der Waals surface area contributed by atoms with Crippen LogP contribution in [0.5, 0.6) is 0 Å². The minimum Gasteiger partial charge on any atom is -0.392 e. The van der Waals surface area contributed by atoms with E-state index in [4.69, 9.17) is 4.74 Å². The van der Waals surface area contributed by atoms with Crippen molar-refractivity contribution in [2.45, 2.75) is 84.3 Å². The lowest BCUT2D eigenvalue weighted by Crippen LogP contribution is -2.58. The maximum atomic E-state index is 13.1. The number of carbonyl (C=O) groups excluding carboxylic acids is 2. The zero-order valence-corrected chi connectivity index (χ0v) is 19.4. The Balaban J connectivity index is 1.68. The second-order valence-electron chi connectivity index (χ2n) is 10.4. The van der Waals surface area contributed by atoms with Crippen LogP contribution in [0.3, 0.4) is 0 Å². The summed E-state index contributed by atoms with van der Waals surface area (Å²) >= 11 is 0. The number of carbonyl (C=O) groups is 2. The van der Waals surface area contributed by atoms with Gasteiger partial charge in [-0.2, -0.15) is 0 Å². The summed E-state index contributed by atoms with van der Waals surface area (Å²) in [6.07, 6.45) is 7.18. The van der Waals surface area contributed by atoms with Gasteiger partial charge in [0.25, 0.3) is 0 Å². The van der Waals surface area contributed by atoms with Gasteiger partial charge in [-0.05, 0) is 68.1 Å². The van der Waals surface area contributed by atoms with Crippen molar-refractivity contribution in [2.75, 3.05) is 26.8 Å². The highest BCUT2D eigenvalue weighted by Crippen LogP contribution is 2.55. The number of hydrogen-bond acceptors (Lipinski definition) is 4. The lowest BCUT2D eigenvalue weighted by molar-refractivity contribution is -0.151. The van der Waals surface area contributed by atoms with Crippen LogP contribution in [0.15, 0.2) is 0 Å². The van der Waals surface area contributed by atoms with Crippen LogP contribution in [0.4, 0.5) is 0 Å². The number of methoxy groups -OCH3 is 1. The van der Waals surface area contributed by atoms with Crippen LogP contribution in [0.1, 0.15) is 72.1 Å². The Morgan fingerprint density at radius 3 is 2.53 bits per heavy atom. The molecule has 0 bridgehead atoms. The highest BCUT2D eigenvalue weighted by molar-refractivity contribution is 5.79. The number of nitrogens with one attached hydrogen (secondary N) is 1. The third kappa shape index (κ3) is 4.85. The van der Waals surface area contributed by atoms with Crippen LogP contribution >= 0.6 is 0 Å². The molecule has 0 unspecified atom stereocenters. The van der Waals surface area contributed by atoms with Crippen LogP contribution in [0, 0.1) is 29.1 Å². The van der Waals surface area contributed by atoms with E-state index >= 15 is 0 Å². The molecule has 6 nitrogen and oxygen atoms in total. The van der Waals surface area contributed by atoms with Crippen LogP contribution < -0.4 is 5.32 Å². The molecule has 1 aliphatic heterocycles. The molecule has 1 saturated heterocycles. The molecule has 6 heteroatoms. The van der Waals surface area contributed by atoms with Gasteiger partial charge in [0.05, 0.1) is 12.7 Å². The van der Waals surface area contributed by atoms with Crippen molar-refractivity contribution < 1.29 is 19.4 Å². The van der Waals surface area contributed by atoms with Gasteiger partial charge in [-0.15, -0.1) is 0 Å². The molecule has 0 radical (unpaired) electrons. The van der Waals surface area contributed by atoms with Gasteiger partial charge in [0.2, 0.25) is 11.8 Å². The average Bonchev–Trinajstić information content (AvgIpc) is 2.74. The topological polar surface area (TPSA) is 78.9 Å². The Labute approximate surface area is 182 Å². The van der Waals surface area contributed by atoms with E-state index in [1.165, 1.54) is 6.42 Å². The number of piperidine rings is 1. The van der Waals surface area contributed by atoms with Gasteiger partial charge in [0, 0.05) is 38.6 Å². The van der Waals surface area contributed by atoms with E-state index in [-0.39, 0.29) is 46.9 Å². The average molecular weight is 423 g/mol. The van der Waals surface area contributed by atoms with E-state index in [2.05, 4.69) is 19.2 Å². The third-order valence-corrected chi connectivity index (χ3v) is 8.47. The van der Waals surface area contributed by atoms with Crippen LogP contribution in [0.2, 0.25) is 0 Å². The first-order valence-corrected chi connectivity index (χ1v) is 12.0. The number of rotatable bonds is 6. The van der Waals surface area contributed by atoms with Crippen molar-refractivity contribution >= 4 is 11.8 Å². The highest BCUT2D eigenvalue weighted by Gasteiger charge is 2.54. The fraction of sp³-hybridized carbons (Fsp3) is 0.917. The van der Waals surface area contributed by atoms with Crippen molar-refractivity contribution in [3.63, 3.8) is 0 Å². The SMILES string of the molecule is COCCC(=O)N[C@H]1CC[C@]2(C)CC[C@H]([C@H](C)C(=O)N3CCCCC3)[C@H](O)[C@H]2[C@@H]1C. The predicted molar refractivity (Wildman–Crippen MR) is 117 cm³/mol. The predicted octanol–water partition coefficient (Wildman–Crippen LogP) is 2.98. The minimum atomic E-state index is -0.499. The van der Waals surface area contributed by atoms with Gasteiger partial charge < -0.3 is 20.1 Å². The Morgan fingerprint density at radius 2 is 1.87 bits per heavy atom. The number of nitrogens with zero attached hydrogens (tertiary/aromatic N) is 1. The van der Waals surface area contributed by atoms with Gasteiger partial charge in [0.1, 0.15) is 0 Å². The molecular weight excluding hydrogens is 380 g/mol. The first-order valence-electron chi connectivity index (χ1n) is 12.0. The molecule has 0 aromatic carbocycles. The van der Waals surface area contributed by atoms with E-state index in [0.717, 1.165) is 51.6 Å². The lowest BCUT2D eigenvalue weighted by atomic mass is 9.51. The monoisotopic (exact) mass is 422 g/mol. The van der Waals surface area contributed by atoms with Crippen molar-refractivity contribution in [2.24, 2.45) is 29.1 Å². The Morgan fingerprint density at radius 1 is 1.20 bits per heavy atom. The first-order chi connectivity index (χ1) is 14.3. The zero-order valence-electron chi connectivity index (χ0n) is 19.4. The van der Waals surface area contributed by atoms with Crippen LogP contribution in [0.25, 0.3) is 0 Å². The Kier molecular flexibility index (Phi) is 7.83. The number of fused-ring (bicyclic) bond motifs is 1. The molecular formula is C24H42N2O4. The van der Waals surface area contributed by atoms with Gasteiger partial charge in [-0.3, -0.25) is 9.59 Å². The molecule has 30 heavy (non-hydrogen) atoms. The maximum Gasteiger partial charge on any atom is 0.225 e. The van der Waals surface area contributed by atoms with Crippen molar-refractivity contribution in [3.8, 4) is 0 Å². The molecule has 0 spiro atoms. The molecule has 2 saturated carbocycles. The number of hydrogen-bond donors (Lipinski definition) is 2. The molecule has 1 heterocycles. The summed E-state index contributed by atoms with van der Waals surface area (Å²) in [5, 5.41) is 14.7. The minimum absolute atomic E-state index is 0.00268. The number of likely N-dealkylation sites (tertiary alicyclic amines) is 1. The van der Waals surface area contributed by atoms with E-state index in [1.54, 1.807) is 7.11 Å². The van der Waals surface area contributed by atoms with E-state index in [1.807, 2.05) is 11.8 Å². The van der Waals surface area contributed by atoms with Crippen molar-refractivity contribution in [1.29, 1.82) is 0 Å². The largest absolute Gasteiger partial charge is 0.392 e. The number of aliphatic hydroxyl groups excluding tert-OH is 1. The Bertz CT molecular complexity index is 606. The first kappa shape index (κ1) is 23.5. The molecule has 7 atom stereocenters. The number of aliphatic hydroxyl groups is 1. The summed E-state index contributed by atoms with van der Waals surface area (Å²) in [7, 11) is 1.60. The molecule has 2 amide bonds. The van der Waals surface area contributed by atoms with Crippen molar-refractivity contribution in [1.82, 2.24) is 10.2 Å². The smallest absolute Gasteiger partial charge is 0.225 e. The number of amides is 2. The normalized spacial score (nSPS) is 37.9. The lowest BCUT2D eigenvalue weighted by Gasteiger charge is -2.56. The fourth-order valence-corrected chi connectivity index (χ4v) is 6.56. The summed E-state index contributed by atoms with van der Waals surface area (Å²) in [6.45, 7) is 8.64. The summed E-state index contributed by atoms with van der Waals surface area (Å²) in [6, 6.07) is 0.0777. The Hall–Kier alpha value is -1.14. The molecule has 2 N–H and O–H groups in total. The molecule has 3 aliphatic rings. The second kappa shape index (κ2) is 9.99. The van der Waals surface area contributed by atoms with Gasteiger partial charge >= 0.3 is 0 Å². The van der Waals surface area contributed by atoms with Gasteiger partial charge in [0.15, 0.2) is 0 Å². The number of ether oxygens (including phenoxy) is 1. The summed E-state index contributed by atoms with van der Waals surface area (Å²) in [5.41, 5.74) is 0.0803. The van der Waals surface area contributed by atoms with E-state index in [0.29, 0.717) is 13.0 Å². The van der Waals surface area contributed by atoms with Crippen LogP contribution in [-0.2, 0) is 14.3 Å². The molecule has 0 aromatic rings. The summed E-state index contributed by atoms with van der Waals surface area (Å²) in [5.74, 6) is 0.386. The zero-order chi connectivity index (χ0) is 21.9. The summed E-state index contributed by atoms with van der Waals surface area (Å²) in [4.78, 5) is 27.4.